The first-order valence-corrected chi connectivity index (χ1v) is 9.49. The lowest BCUT2D eigenvalue weighted by Crippen LogP contribution is -2.32. The van der Waals surface area contributed by atoms with Gasteiger partial charge in [-0.2, -0.15) is 9.71 Å². The second-order valence-electron chi connectivity index (χ2n) is 6.22. The summed E-state index contributed by atoms with van der Waals surface area (Å²) in [7, 11) is -2.24. The Kier molecular flexibility index (Phi) is 6.26. The largest absolute Gasteiger partial charge is 0.338 e. The van der Waals surface area contributed by atoms with E-state index >= 15 is 0 Å². The summed E-state index contributed by atoms with van der Waals surface area (Å²) in [5.41, 5.74) is 0. The number of nitrogens with zero attached hydrogens (tertiary/aromatic N) is 2. The minimum Gasteiger partial charge on any atom is -0.338 e. The first-order valence-electron chi connectivity index (χ1n) is 8.01. The number of benzene rings is 1. The first-order chi connectivity index (χ1) is 11.7. The van der Waals surface area contributed by atoms with Crippen molar-refractivity contribution in [2.45, 2.75) is 44.2 Å². The van der Waals surface area contributed by atoms with E-state index in [1.165, 1.54) is 18.2 Å². The fourth-order valence-electron chi connectivity index (χ4n) is 2.22. The van der Waals surface area contributed by atoms with Crippen LogP contribution in [0.25, 0.3) is 0 Å². The number of likely N-dealkylation sites (N-methyl/N-ethyl adjacent to an activating group) is 1. The van der Waals surface area contributed by atoms with Crippen molar-refractivity contribution in [1.29, 1.82) is 0 Å². The molecule has 7 nitrogen and oxygen atoms in total. The van der Waals surface area contributed by atoms with Crippen molar-refractivity contribution in [3.8, 4) is 0 Å². The highest BCUT2D eigenvalue weighted by molar-refractivity contribution is 7.89. The molecule has 1 heterocycles. The fraction of sp³-hybridized carbons (Fsp3) is 0.500. The molecular weight excluding hydrogens is 347 g/mol. The summed E-state index contributed by atoms with van der Waals surface area (Å²) >= 11 is 0. The average molecular weight is 370 g/mol. The molecular formula is C16H23FN4O3S. The van der Waals surface area contributed by atoms with Crippen LogP contribution in [0.4, 0.5) is 4.39 Å². The van der Waals surface area contributed by atoms with E-state index in [2.05, 4.69) is 20.2 Å². The summed E-state index contributed by atoms with van der Waals surface area (Å²) in [5.74, 6) is -0.344. The molecule has 9 heteroatoms. The molecule has 0 aliphatic rings. The zero-order valence-electron chi connectivity index (χ0n) is 14.7. The Morgan fingerprint density at radius 3 is 2.52 bits per heavy atom. The van der Waals surface area contributed by atoms with Crippen LogP contribution in [-0.2, 0) is 16.4 Å². The number of hydrogen-bond acceptors (Lipinski definition) is 6. The van der Waals surface area contributed by atoms with Crippen molar-refractivity contribution >= 4 is 10.0 Å². The van der Waals surface area contributed by atoms with Gasteiger partial charge in [-0.15, -0.1) is 0 Å². The maximum absolute atomic E-state index is 13.8. The lowest BCUT2D eigenvalue weighted by Gasteiger charge is -2.18. The maximum Gasteiger partial charge on any atom is 0.245 e. The summed E-state index contributed by atoms with van der Waals surface area (Å²) in [6.45, 7) is 5.60. The van der Waals surface area contributed by atoms with Crippen molar-refractivity contribution in [3.63, 3.8) is 0 Å². The van der Waals surface area contributed by atoms with Crippen LogP contribution in [0, 0.1) is 11.7 Å². The number of halogens is 1. The molecule has 138 valence electrons. The van der Waals surface area contributed by atoms with Crippen molar-refractivity contribution < 1.29 is 17.3 Å². The quantitative estimate of drug-likeness (QED) is 0.738. The van der Waals surface area contributed by atoms with Crippen LogP contribution >= 0.6 is 0 Å². The van der Waals surface area contributed by atoms with E-state index in [0.29, 0.717) is 12.2 Å². The van der Waals surface area contributed by atoms with Gasteiger partial charge in [-0.3, -0.25) is 0 Å². The third-order valence-electron chi connectivity index (χ3n) is 3.81. The third kappa shape index (κ3) is 4.83. The van der Waals surface area contributed by atoms with Crippen LogP contribution < -0.4 is 10.0 Å². The predicted molar refractivity (Wildman–Crippen MR) is 90.8 cm³/mol. The Bertz CT molecular complexity index is 807. The highest BCUT2D eigenvalue weighted by Gasteiger charge is 2.30. The Labute approximate surface area is 147 Å². The zero-order chi connectivity index (χ0) is 18.6. The molecule has 0 radical (unpaired) electrons. The molecule has 2 aromatic rings. The SMILES string of the molecule is CNC(C)Cc1noc(C(NS(=O)(=O)c2ccccc2F)C(C)C)n1. The number of hydrogen-bond donors (Lipinski definition) is 2. The van der Waals surface area contributed by atoms with Gasteiger partial charge in [-0.1, -0.05) is 31.1 Å². The van der Waals surface area contributed by atoms with E-state index in [1.54, 1.807) is 0 Å². The van der Waals surface area contributed by atoms with E-state index in [1.807, 2.05) is 27.8 Å². The molecule has 0 saturated heterocycles. The number of nitrogens with one attached hydrogen (secondary N) is 2. The maximum atomic E-state index is 13.8. The molecule has 2 unspecified atom stereocenters. The highest BCUT2D eigenvalue weighted by Crippen LogP contribution is 2.24. The van der Waals surface area contributed by atoms with Crippen molar-refractivity contribution in [2.75, 3.05) is 7.05 Å². The summed E-state index contributed by atoms with van der Waals surface area (Å²) in [5, 5.41) is 6.96. The molecule has 0 spiro atoms. The van der Waals surface area contributed by atoms with Gasteiger partial charge >= 0.3 is 0 Å². The van der Waals surface area contributed by atoms with E-state index < -0.39 is 26.8 Å². The van der Waals surface area contributed by atoms with Gasteiger partial charge in [-0.25, -0.2) is 12.8 Å². The molecule has 2 atom stereocenters. The lowest BCUT2D eigenvalue weighted by molar-refractivity contribution is 0.308. The van der Waals surface area contributed by atoms with Crippen LogP contribution in [0.1, 0.15) is 38.5 Å². The van der Waals surface area contributed by atoms with Crippen LogP contribution in [0.3, 0.4) is 0 Å². The first kappa shape index (κ1) is 19.5. The van der Waals surface area contributed by atoms with Crippen LogP contribution in [0.15, 0.2) is 33.7 Å². The van der Waals surface area contributed by atoms with Gasteiger partial charge in [0.15, 0.2) is 5.82 Å². The molecule has 0 fully saturated rings. The second kappa shape index (κ2) is 8.03. The molecule has 1 aromatic heterocycles. The summed E-state index contributed by atoms with van der Waals surface area (Å²) < 4.78 is 46.6. The van der Waals surface area contributed by atoms with Gasteiger partial charge in [0.1, 0.15) is 16.8 Å². The monoisotopic (exact) mass is 370 g/mol. The van der Waals surface area contributed by atoms with E-state index in [0.717, 1.165) is 6.07 Å². The van der Waals surface area contributed by atoms with Gasteiger partial charge in [0, 0.05) is 12.5 Å². The standard InChI is InChI=1S/C16H23FN4O3S/c1-10(2)15(16-19-14(20-24-16)9-11(3)18-4)21-25(22,23)13-8-6-5-7-12(13)17/h5-8,10-11,15,18,21H,9H2,1-4H3. The smallest absolute Gasteiger partial charge is 0.245 e. The molecule has 2 rings (SSSR count). The van der Waals surface area contributed by atoms with E-state index in [9.17, 15) is 12.8 Å². The lowest BCUT2D eigenvalue weighted by atomic mass is 10.1. The van der Waals surface area contributed by atoms with Gasteiger partial charge in [0.25, 0.3) is 0 Å². The molecule has 0 aliphatic carbocycles. The molecule has 25 heavy (non-hydrogen) atoms. The van der Waals surface area contributed by atoms with Crippen LogP contribution in [-0.4, -0.2) is 31.6 Å². The number of aromatic nitrogens is 2. The van der Waals surface area contributed by atoms with Crippen LogP contribution in [0.5, 0.6) is 0 Å². The van der Waals surface area contributed by atoms with E-state index in [-0.39, 0.29) is 17.9 Å². The molecule has 2 N–H and O–H groups in total. The Hall–Kier alpha value is -1.84. The van der Waals surface area contributed by atoms with Gasteiger partial charge in [0.2, 0.25) is 15.9 Å². The molecule has 0 amide bonds. The Morgan fingerprint density at radius 2 is 1.92 bits per heavy atom. The Morgan fingerprint density at radius 1 is 1.24 bits per heavy atom. The minimum absolute atomic E-state index is 0.151. The van der Waals surface area contributed by atoms with Crippen LogP contribution in [0.2, 0.25) is 0 Å². The molecule has 0 saturated carbocycles. The van der Waals surface area contributed by atoms with Crippen molar-refractivity contribution in [1.82, 2.24) is 20.2 Å². The topological polar surface area (TPSA) is 97.1 Å². The molecule has 0 bridgehead atoms. The number of sulfonamides is 1. The van der Waals surface area contributed by atoms with Gasteiger partial charge < -0.3 is 9.84 Å². The normalized spacial score (nSPS) is 14.6. The third-order valence-corrected chi connectivity index (χ3v) is 5.28. The summed E-state index contributed by atoms with van der Waals surface area (Å²) in [4.78, 5) is 3.87. The number of rotatable bonds is 8. The molecule has 1 aromatic carbocycles. The predicted octanol–water partition coefficient (Wildman–Crippen LogP) is 2.03. The minimum atomic E-state index is -4.07. The second-order valence-corrected chi connectivity index (χ2v) is 7.90. The molecule has 0 aliphatic heterocycles. The van der Waals surface area contributed by atoms with Crippen molar-refractivity contribution in [3.05, 3.63) is 41.8 Å². The van der Waals surface area contributed by atoms with Gasteiger partial charge in [-0.05, 0) is 32.0 Å². The van der Waals surface area contributed by atoms with Crippen molar-refractivity contribution in [2.24, 2.45) is 5.92 Å². The summed E-state index contributed by atoms with van der Waals surface area (Å²) in [6, 6.07) is 4.60. The zero-order valence-corrected chi connectivity index (χ0v) is 15.5. The Balaban J connectivity index is 2.26. The highest BCUT2D eigenvalue weighted by atomic mass is 32.2. The van der Waals surface area contributed by atoms with Gasteiger partial charge in [0.05, 0.1) is 0 Å². The average Bonchev–Trinajstić information content (AvgIpc) is 3.00. The summed E-state index contributed by atoms with van der Waals surface area (Å²) in [6.07, 6.45) is 0.547. The fourth-order valence-corrected chi connectivity index (χ4v) is 3.63. The van der Waals surface area contributed by atoms with E-state index in [4.69, 9.17) is 4.52 Å².